The quantitative estimate of drug-likeness (QED) is 0.264. The van der Waals surface area contributed by atoms with E-state index in [0.717, 1.165) is 11.3 Å². The van der Waals surface area contributed by atoms with Crippen LogP contribution in [0.5, 0.6) is 0 Å². The molecule has 0 N–H and O–H groups in total. The first-order valence-corrected chi connectivity index (χ1v) is 12.6. The SMILES string of the molecule is O=S(=O)=C(CC1CCC(Cn2cncn2)(c2ccc(Cl)cc2Cl)O1)c1ccc(-n2cncn2)cc1. The molecule has 0 saturated carbocycles. The first kappa shape index (κ1) is 23.7. The molecule has 5 rings (SSSR count). The maximum atomic E-state index is 12.2. The molecule has 2 atom stereocenters. The van der Waals surface area contributed by atoms with Crippen LogP contribution >= 0.6 is 23.2 Å². The minimum atomic E-state index is -2.42. The van der Waals surface area contributed by atoms with E-state index >= 15 is 0 Å². The molecule has 2 unspecified atom stereocenters. The molecule has 1 aliphatic rings. The topological polar surface area (TPSA) is 105 Å². The van der Waals surface area contributed by atoms with Gasteiger partial charge in [0.25, 0.3) is 0 Å². The predicted molar refractivity (Wildman–Crippen MR) is 131 cm³/mol. The molecule has 35 heavy (non-hydrogen) atoms. The van der Waals surface area contributed by atoms with E-state index in [9.17, 15) is 8.42 Å². The average Bonchev–Trinajstić information content (AvgIpc) is 3.61. The van der Waals surface area contributed by atoms with E-state index in [1.807, 2.05) is 6.07 Å². The van der Waals surface area contributed by atoms with Crippen LogP contribution in [0.4, 0.5) is 0 Å². The van der Waals surface area contributed by atoms with Crippen molar-refractivity contribution in [1.82, 2.24) is 29.5 Å². The molecule has 0 amide bonds. The third-order valence-electron chi connectivity index (χ3n) is 6.06. The highest BCUT2D eigenvalue weighted by atomic mass is 35.5. The standard InChI is InChI=1S/C23H20Cl2N6O3S/c24-17-3-6-20(21(25)9-17)23(11-30-14-26-12-28-30)8-7-19(34-23)10-22(35(32)33)16-1-4-18(5-2-16)31-15-27-13-29-31/h1-6,9,12-15,19H,7-8,10-11H2. The Bertz CT molecular complexity index is 1450. The molecule has 12 heteroatoms. The van der Waals surface area contributed by atoms with E-state index in [1.54, 1.807) is 58.4 Å². The second kappa shape index (κ2) is 9.90. The smallest absolute Gasteiger partial charge is 0.217 e. The molecule has 9 nitrogen and oxygen atoms in total. The van der Waals surface area contributed by atoms with Crippen LogP contribution in [-0.2, 0) is 27.2 Å². The zero-order chi connectivity index (χ0) is 24.4. The minimum Gasteiger partial charge on any atom is -0.365 e. The van der Waals surface area contributed by atoms with Gasteiger partial charge < -0.3 is 4.74 Å². The number of hydrogen-bond acceptors (Lipinski definition) is 7. The normalized spacial score (nSPS) is 19.7. The van der Waals surface area contributed by atoms with Crippen LogP contribution in [0.1, 0.15) is 30.4 Å². The molecule has 3 heterocycles. The molecule has 0 radical (unpaired) electrons. The highest BCUT2D eigenvalue weighted by Crippen LogP contribution is 2.45. The molecule has 0 bridgehead atoms. The van der Waals surface area contributed by atoms with Crippen LogP contribution in [0.2, 0.25) is 10.0 Å². The fraction of sp³-hybridized carbons (Fsp3) is 0.261. The first-order valence-electron chi connectivity index (χ1n) is 10.8. The van der Waals surface area contributed by atoms with Crippen LogP contribution < -0.4 is 0 Å². The summed E-state index contributed by atoms with van der Waals surface area (Å²) in [5.41, 5.74) is 1.36. The van der Waals surface area contributed by atoms with Gasteiger partial charge in [-0.05, 0) is 42.7 Å². The number of aromatic nitrogens is 6. The van der Waals surface area contributed by atoms with E-state index in [1.165, 1.54) is 12.7 Å². The second-order valence-electron chi connectivity index (χ2n) is 8.24. The Morgan fingerprint density at radius 3 is 2.49 bits per heavy atom. The Balaban J connectivity index is 1.41. The van der Waals surface area contributed by atoms with Gasteiger partial charge in [-0.2, -0.15) is 18.6 Å². The summed E-state index contributed by atoms with van der Waals surface area (Å²) in [6.07, 6.45) is 7.25. The van der Waals surface area contributed by atoms with Gasteiger partial charge in [-0.1, -0.05) is 41.4 Å². The van der Waals surface area contributed by atoms with E-state index < -0.39 is 15.9 Å². The highest BCUT2D eigenvalue weighted by Gasteiger charge is 2.44. The van der Waals surface area contributed by atoms with Crippen molar-refractivity contribution in [2.24, 2.45) is 0 Å². The van der Waals surface area contributed by atoms with Crippen molar-refractivity contribution in [1.29, 1.82) is 0 Å². The molecule has 1 saturated heterocycles. The van der Waals surface area contributed by atoms with Crippen molar-refractivity contribution < 1.29 is 13.2 Å². The fourth-order valence-corrected chi connectivity index (χ4v) is 5.67. The third-order valence-corrected chi connectivity index (χ3v) is 7.41. The van der Waals surface area contributed by atoms with Gasteiger partial charge in [0.15, 0.2) is 0 Å². The lowest BCUT2D eigenvalue weighted by molar-refractivity contribution is -0.0561. The van der Waals surface area contributed by atoms with Crippen molar-refractivity contribution >= 4 is 38.4 Å². The number of ether oxygens (including phenoxy) is 1. The lowest BCUT2D eigenvalue weighted by Crippen LogP contribution is -2.33. The van der Waals surface area contributed by atoms with Crippen LogP contribution in [0.3, 0.4) is 0 Å². The van der Waals surface area contributed by atoms with Gasteiger partial charge in [0.05, 0.1) is 23.2 Å². The molecular formula is C23H20Cl2N6O3S. The molecule has 0 spiro atoms. The molecule has 4 aromatic rings. The Morgan fingerprint density at radius 1 is 1.06 bits per heavy atom. The van der Waals surface area contributed by atoms with Gasteiger partial charge in [-0.3, -0.25) is 0 Å². The van der Waals surface area contributed by atoms with Gasteiger partial charge in [-0.15, -0.1) is 0 Å². The Labute approximate surface area is 212 Å². The maximum absolute atomic E-state index is 12.2. The summed E-state index contributed by atoms with van der Waals surface area (Å²) in [5.74, 6) is 0. The number of hydrogen-bond donors (Lipinski definition) is 0. The van der Waals surface area contributed by atoms with Crippen LogP contribution in [0, 0.1) is 0 Å². The predicted octanol–water partition coefficient (Wildman–Crippen LogP) is 3.73. The summed E-state index contributed by atoms with van der Waals surface area (Å²) in [4.78, 5) is 8.24. The van der Waals surface area contributed by atoms with E-state index in [2.05, 4.69) is 20.2 Å². The van der Waals surface area contributed by atoms with Crippen LogP contribution in [0.25, 0.3) is 5.69 Å². The molecule has 0 aliphatic carbocycles. The number of benzene rings is 2. The average molecular weight is 531 g/mol. The van der Waals surface area contributed by atoms with Gasteiger partial charge in [0, 0.05) is 22.0 Å². The van der Waals surface area contributed by atoms with Crippen molar-refractivity contribution in [3.05, 3.63) is 88.9 Å². The summed E-state index contributed by atoms with van der Waals surface area (Å²) >= 11 is 12.7. The second-order valence-corrected chi connectivity index (χ2v) is 10.0. The summed E-state index contributed by atoms with van der Waals surface area (Å²) in [7, 11) is -2.42. The van der Waals surface area contributed by atoms with Gasteiger partial charge in [-0.25, -0.2) is 19.3 Å². The minimum absolute atomic E-state index is 0.225. The number of halogens is 2. The van der Waals surface area contributed by atoms with Crippen molar-refractivity contribution in [2.45, 2.75) is 37.5 Å². The zero-order valence-electron chi connectivity index (χ0n) is 18.3. The van der Waals surface area contributed by atoms with Gasteiger partial charge in [0.2, 0.25) is 10.3 Å². The Morgan fingerprint density at radius 2 is 1.83 bits per heavy atom. The summed E-state index contributed by atoms with van der Waals surface area (Å²) in [6.45, 7) is 0.382. The molecule has 180 valence electrons. The molecule has 2 aromatic heterocycles. The van der Waals surface area contributed by atoms with E-state index in [0.29, 0.717) is 35.0 Å². The van der Waals surface area contributed by atoms with Crippen molar-refractivity contribution in [3.63, 3.8) is 0 Å². The number of rotatable bonds is 7. The lowest BCUT2D eigenvalue weighted by Gasteiger charge is -2.31. The fourth-order valence-electron chi connectivity index (χ4n) is 4.44. The molecule has 2 aromatic carbocycles. The third kappa shape index (κ3) is 5.01. The Hall–Kier alpha value is -3.05. The number of nitrogens with zero attached hydrogens (tertiary/aromatic N) is 6. The lowest BCUT2D eigenvalue weighted by atomic mass is 9.90. The monoisotopic (exact) mass is 530 g/mol. The van der Waals surface area contributed by atoms with Crippen molar-refractivity contribution in [2.75, 3.05) is 0 Å². The first-order chi connectivity index (χ1) is 16.9. The largest absolute Gasteiger partial charge is 0.365 e. The molecule has 1 fully saturated rings. The Kier molecular flexibility index (Phi) is 6.70. The molecule has 1 aliphatic heterocycles. The molecular weight excluding hydrogens is 511 g/mol. The maximum Gasteiger partial charge on any atom is 0.217 e. The zero-order valence-corrected chi connectivity index (χ0v) is 20.7. The summed E-state index contributed by atoms with van der Waals surface area (Å²) < 4.78 is 34.3. The highest BCUT2D eigenvalue weighted by molar-refractivity contribution is 7.73. The summed E-state index contributed by atoms with van der Waals surface area (Å²) in [6, 6.07) is 12.4. The van der Waals surface area contributed by atoms with Crippen LogP contribution in [-0.4, -0.2) is 48.9 Å². The van der Waals surface area contributed by atoms with E-state index in [-0.39, 0.29) is 17.4 Å². The van der Waals surface area contributed by atoms with Crippen LogP contribution in [0.15, 0.2) is 67.8 Å². The van der Waals surface area contributed by atoms with Crippen molar-refractivity contribution in [3.8, 4) is 5.69 Å². The van der Waals surface area contributed by atoms with E-state index in [4.69, 9.17) is 27.9 Å². The van der Waals surface area contributed by atoms with Gasteiger partial charge >= 0.3 is 0 Å². The van der Waals surface area contributed by atoms with Gasteiger partial charge in [0.1, 0.15) is 30.9 Å². The summed E-state index contributed by atoms with van der Waals surface area (Å²) in [5, 5.41) is 9.33.